The van der Waals surface area contributed by atoms with Crippen LogP contribution in [0.4, 0.5) is 5.69 Å². The van der Waals surface area contributed by atoms with Gasteiger partial charge in [0.2, 0.25) is 5.91 Å². The summed E-state index contributed by atoms with van der Waals surface area (Å²) in [6.07, 6.45) is 1.79. The molecule has 2 heterocycles. The molecule has 0 spiro atoms. The Labute approximate surface area is 161 Å². The molecule has 0 saturated heterocycles. The maximum atomic E-state index is 12.2. The SMILES string of the molecule is O=C(CCN=C1NS(=O)(=O)c2ccccc21)Nc1cccc(-c2ccn[nH]2)c1. The van der Waals surface area contributed by atoms with Crippen molar-refractivity contribution in [1.82, 2.24) is 14.9 Å². The number of aliphatic imine (C=N–C) groups is 1. The highest BCUT2D eigenvalue weighted by molar-refractivity contribution is 7.90. The van der Waals surface area contributed by atoms with Crippen molar-refractivity contribution in [3.8, 4) is 11.3 Å². The molecular weight excluding hydrogens is 378 g/mol. The van der Waals surface area contributed by atoms with Crippen molar-refractivity contribution in [3.63, 3.8) is 0 Å². The molecule has 9 heteroatoms. The number of amidine groups is 1. The number of carbonyl (C=O) groups excluding carboxylic acids is 1. The normalized spacial score (nSPS) is 15.8. The molecule has 0 atom stereocenters. The average Bonchev–Trinajstić information content (AvgIpc) is 3.30. The summed E-state index contributed by atoms with van der Waals surface area (Å²) in [6.45, 7) is 0.165. The number of aromatic amines is 1. The highest BCUT2D eigenvalue weighted by Crippen LogP contribution is 2.22. The van der Waals surface area contributed by atoms with E-state index in [4.69, 9.17) is 0 Å². The lowest BCUT2D eigenvalue weighted by Gasteiger charge is -2.06. The van der Waals surface area contributed by atoms with Gasteiger partial charge in [0, 0.05) is 29.4 Å². The topological polar surface area (TPSA) is 116 Å². The number of nitrogens with one attached hydrogen (secondary N) is 3. The number of H-pyrrole nitrogens is 1. The van der Waals surface area contributed by atoms with E-state index < -0.39 is 10.0 Å². The molecule has 142 valence electrons. The number of nitrogens with zero attached hydrogens (tertiary/aromatic N) is 2. The summed E-state index contributed by atoms with van der Waals surface area (Å²) >= 11 is 0. The molecule has 3 N–H and O–H groups in total. The third kappa shape index (κ3) is 3.65. The Balaban J connectivity index is 1.40. The van der Waals surface area contributed by atoms with Crippen molar-refractivity contribution in [2.75, 3.05) is 11.9 Å². The minimum Gasteiger partial charge on any atom is -0.326 e. The Morgan fingerprint density at radius 1 is 1.11 bits per heavy atom. The first-order valence-electron chi connectivity index (χ1n) is 8.59. The van der Waals surface area contributed by atoms with Gasteiger partial charge in [-0.05, 0) is 30.3 Å². The monoisotopic (exact) mass is 395 g/mol. The predicted molar refractivity (Wildman–Crippen MR) is 105 cm³/mol. The number of fused-ring (bicyclic) bond motifs is 1. The van der Waals surface area contributed by atoms with Gasteiger partial charge in [-0.25, -0.2) is 8.42 Å². The molecule has 3 aromatic rings. The summed E-state index contributed by atoms with van der Waals surface area (Å²) in [5.41, 5.74) is 2.95. The third-order valence-corrected chi connectivity index (χ3v) is 5.63. The Bertz CT molecular complexity index is 1150. The quantitative estimate of drug-likeness (QED) is 0.614. The Hall–Kier alpha value is -3.46. The van der Waals surface area contributed by atoms with Gasteiger partial charge in [0.05, 0.1) is 17.1 Å². The van der Waals surface area contributed by atoms with E-state index in [0.717, 1.165) is 11.3 Å². The van der Waals surface area contributed by atoms with Crippen LogP contribution in [0.15, 0.2) is 70.7 Å². The van der Waals surface area contributed by atoms with E-state index in [-0.39, 0.29) is 29.6 Å². The summed E-state index contributed by atoms with van der Waals surface area (Å²) < 4.78 is 26.5. The van der Waals surface area contributed by atoms with Gasteiger partial charge in [-0.2, -0.15) is 5.10 Å². The lowest BCUT2D eigenvalue weighted by Crippen LogP contribution is -2.23. The lowest BCUT2D eigenvalue weighted by atomic mass is 10.1. The second-order valence-corrected chi connectivity index (χ2v) is 7.83. The molecular formula is C19H17N5O3S. The molecule has 28 heavy (non-hydrogen) atoms. The van der Waals surface area contributed by atoms with Gasteiger partial charge in [-0.1, -0.05) is 24.3 Å². The summed E-state index contributed by atoms with van der Waals surface area (Å²) in [6, 6.07) is 15.9. The summed E-state index contributed by atoms with van der Waals surface area (Å²) in [5.74, 6) is 0.0601. The number of hydrogen-bond acceptors (Lipinski definition) is 5. The largest absolute Gasteiger partial charge is 0.326 e. The van der Waals surface area contributed by atoms with Crippen molar-refractivity contribution in [2.24, 2.45) is 4.99 Å². The molecule has 0 aliphatic carbocycles. The van der Waals surface area contributed by atoms with Crippen LogP contribution in [-0.4, -0.2) is 36.9 Å². The van der Waals surface area contributed by atoms with Crippen molar-refractivity contribution in [2.45, 2.75) is 11.3 Å². The number of amides is 1. The van der Waals surface area contributed by atoms with Crippen LogP contribution >= 0.6 is 0 Å². The zero-order chi connectivity index (χ0) is 19.6. The van der Waals surface area contributed by atoms with E-state index in [0.29, 0.717) is 11.3 Å². The fourth-order valence-corrected chi connectivity index (χ4v) is 4.18. The standard InChI is InChI=1S/C19H17N5O3S/c25-18(22-14-5-3-4-13(12-14)16-8-11-21-23-16)9-10-20-19-15-6-1-2-7-17(15)28(26,27)24-19/h1-8,11-12H,9-10H2,(H,20,24)(H,21,23)(H,22,25). The minimum absolute atomic E-state index is 0.127. The molecule has 0 saturated carbocycles. The van der Waals surface area contributed by atoms with Gasteiger partial charge in [0.15, 0.2) is 0 Å². The first-order valence-corrected chi connectivity index (χ1v) is 10.1. The molecule has 4 rings (SSSR count). The van der Waals surface area contributed by atoms with Crippen molar-refractivity contribution >= 4 is 27.5 Å². The zero-order valence-electron chi connectivity index (χ0n) is 14.7. The van der Waals surface area contributed by atoms with Crippen LogP contribution in [-0.2, 0) is 14.8 Å². The van der Waals surface area contributed by atoms with Crippen LogP contribution in [0.1, 0.15) is 12.0 Å². The van der Waals surface area contributed by atoms with Gasteiger partial charge in [-0.3, -0.25) is 19.6 Å². The maximum absolute atomic E-state index is 12.2. The molecule has 1 aliphatic rings. The number of benzene rings is 2. The van der Waals surface area contributed by atoms with E-state index in [1.807, 2.05) is 24.3 Å². The van der Waals surface area contributed by atoms with E-state index in [1.54, 1.807) is 30.5 Å². The van der Waals surface area contributed by atoms with E-state index in [9.17, 15) is 13.2 Å². The van der Waals surface area contributed by atoms with E-state index in [2.05, 4.69) is 25.2 Å². The number of rotatable bonds is 5. The molecule has 0 bridgehead atoms. The molecule has 1 amide bonds. The molecule has 0 unspecified atom stereocenters. The molecule has 1 aromatic heterocycles. The maximum Gasteiger partial charge on any atom is 0.263 e. The number of carbonyl (C=O) groups is 1. The number of sulfonamides is 1. The van der Waals surface area contributed by atoms with Crippen molar-refractivity contribution < 1.29 is 13.2 Å². The predicted octanol–water partition coefficient (Wildman–Crippen LogP) is 2.14. The molecule has 0 fully saturated rings. The fraction of sp³-hybridized carbons (Fsp3) is 0.105. The number of aromatic nitrogens is 2. The van der Waals surface area contributed by atoms with Crippen LogP contribution in [0.2, 0.25) is 0 Å². The molecule has 1 aliphatic heterocycles. The van der Waals surface area contributed by atoms with Crippen LogP contribution in [0, 0.1) is 0 Å². The molecule has 0 radical (unpaired) electrons. The Morgan fingerprint density at radius 3 is 2.79 bits per heavy atom. The van der Waals surface area contributed by atoms with Gasteiger partial charge in [-0.15, -0.1) is 0 Å². The smallest absolute Gasteiger partial charge is 0.263 e. The summed E-state index contributed by atoms with van der Waals surface area (Å²) in [5, 5.41) is 9.62. The third-order valence-electron chi connectivity index (χ3n) is 4.23. The first-order chi connectivity index (χ1) is 13.5. The molecule has 2 aromatic carbocycles. The second kappa shape index (κ2) is 7.28. The number of anilines is 1. The minimum atomic E-state index is -3.57. The highest BCUT2D eigenvalue weighted by atomic mass is 32.2. The second-order valence-electron chi connectivity index (χ2n) is 6.18. The Morgan fingerprint density at radius 2 is 1.96 bits per heavy atom. The van der Waals surface area contributed by atoms with Gasteiger partial charge < -0.3 is 5.32 Å². The van der Waals surface area contributed by atoms with Gasteiger partial charge in [0.1, 0.15) is 5.84 Å². The molecule has 8 nitrogen and oxygen atoms in total. The van der Waals surface area contributed by atoms with Crippen molar-refractivity contribution in [1.29, 1.82) is 0 Å². The van der Waals surface area contributed by atoms with Crippen LogP contribution < -0.4 is 10.0 Å². The fourth-order valence-electron chi connectivity index (χ4n) is 2.93. The number of hydrogen-bond donors (Lipinski definition) is 3. The van der Waals surface area contributed by atoms with E-state index in [1.165, 1.54) is 6.07 Å². The summed E-state index contributed by atoms with van der Waals surface area (Å²) in [7, 11) is -3.57. The summed E-state index contributed by atoms with van der Waals surface area (Å²) in [4.78, 5) is 16.7. The zero-order valence-corrected chi connectivity index (χ0v) is 15.5. The van der Waals surface area contributed by atoms with Gasteiger partial charge in [0.25, 0.3) is 10.0 Å². The Kier molecular flexibility index (Phi) is 4.66. The lowest BCUT2D eigenvalue weighted by molar-refractivity contribution is -0.116. The average molecular weight is 395 g/mol. The van der Waals surface area contributed by atoms with Crippen molar-refractivity contribution in [3.05, 3.63) is 66.4 Å². The highest BCUT2D eigenvalue weighted by Gasteiger charge is 2.29. The van der Waals surface area contributed by atoms with Crippen LogP contribution in [0.25, 0.3) is 11.3 Å². The van der Waals surface area contributed by atoms with Crippen LogP contribution in [0.5, 0.6) is 0 Å². The first kappa shape index (κ1) is 17.9. The van der Waals surface area contributed by atoms with E-state index >= 15 is 0 Å². The van der Waals surface area contributed by atoms with Crippen LogP contribution in [0.3, 0.4) is 0 Å². The van der Waals surface area contributed by atoms with Gasteiger partial charge >= 0.3 is 0 Å².